The molecule has 0 spiro atoms. The molecule has 0 radical (unpaired) electrons. The third-order valence-electron chi connectivity index (χ3n) is 5.74. The lowest BCUT2D eigenvalue weighted by molar-refractivity contribution is 0.0972. The van der Waals surface area contributed by atoms with Crippen LogP contribution in [0.1, 0.15) is 75.7 Å². The number of benzene rings is 1. The van der Waals surface area contributed by atoms with Crippen molar-refractivity contribution in [1.29, 1.82) is 0 Å². The van der Waals surface area contributed by atoms with E-state index in [-0.39, 0.29) is 16.9 Å². The zero-order valence-corrected chi connectivity index (χ0v) is 16.7. The molecule has 1 aliphatic heterocycles. The highest BCUT2D eigenvalue weighted by atomic mass is 16.4. The van der Waals surface area contributed by atoms with Gasteiger partial charge in [-0.3, -0.25) is 4.79 Å². The van der Waals surface area contributed by atoms with E-state index < -0.39 is 5.63 Å². The third kappa shape index (κ3) is 3.29. The van der Waals surface area contributed by atoms with Gasteiger partial charge >= 0.3 is 5.63 Å². The molecule has 4 heteroatoms. The van der Waals surface area contributed by atoms with Crippen molar-refractivity contribution < 1.29 is 9.21 Å². The SMILES string of the molecule is CC(C)CCC(=O)c1cc2cc3c(cc2oc1=O)N(C)C(C)(C)C[C@H]3C. The van der Waals surface area contributed by atoms with E-state index in [9.17, 15) is 9.59 Å². The van der Waals surface area contributed by atoms with Crippen molar-refractivity contribution in [3.05, 3.63) is 39.7 Å². The van der Waals surface area contributed by atoms with Gasteiger partial charge in [-0.2, -0.15) is 0 Å². The molecule has 0 fully saturated rings. The number of carbonyl (C=O) groups excluding carboxylic acids is 1. The van der Waals surface area contributed by atoms with Gasteiger partial charge in [0.25, 0.3) is 0 Å². The summed E-state index contributed by atoms with van der Waals surface area (Å²) in [6.07, 6.45) is 2.21. The Kier molecular flexibility index (Phi) is 4.72. The summed E-state index contributed by atoms with van der Waals surface area (Å²) in [5.41, 5.74) is 2.59. The molecule has 0 bridgehead atoms. The maximum Gasteiger partial charge on any atom is 0.347 e. The van der Waals surface area contributed by atoms with Crippen molar-refractivity contribution in [2.24, 2.45) is 5.92 Å². The Labute approximate surface area is 155 Å². The summed E-state index contributed by atoms with van der Waals surface area (Å²) in [5, 5.41) is 0.830. The molecular weight excluding hydrogens is 326 g/mol. The van der Waals surface area contributed by atoms with Gasteiger partial charge in [-0.05, 0) is 56.2 Å². The lowest BCUT2D eigenvalue weighted by Gasteiger charge is -2.45. The van der Waals surface area contributed by atoms with E-state index in [1.807, 2.05) is 6.07 Å². The number of hydrogen-bond acceptors (Lipinski definition) is 4. The van der Waals surface area contributed by atoms with Gasteiger partial charge in [0.05, 0.1) is 0 Å². The molecule has 3 rings (SSSR count). The predicted octanol–water partition coefficient (Wildman–Crippen LogP) is 5.13. The summed E-state index contributed by atoms with van der Waals surface area (Å²) in [6, 6.07) is 5.76. The predicted molar refractivity (Wildman–Crippen MR) is 106 cm³/mol. The molecule has 26 heavy (non-hydrogen) atoms. The van der Waals surface area contributed by atoms with E-state index in [2.05, 4.69) is 52.6 Å². The summed E-state index contributed by atoms with van der Waals surface area (Å²) in [7, 11) is 2.08. The van der Waals surface area contributed by atoms with Gasteiger partial charge in [-0.1, -0.05) is 20.8 Å². The fourth-order valence-corrected chi connectivity index (χ4v) is 3.93. The molecule has 1 aromatic heterocycles. The smallest absolute Gasteiger partial charge is 0.347 e. The van der Waals surface area contributed by atoms with Crippen LogP contribution in [0.4, 0.5) is 5.69 Å². The first-order valence-corrected chi connectivity index (χ1v) is 9.49. The van der Waals surface area contributed by atoms with E-state index in [1.165, 1.54) is 5.56 Å². The molecule has 0 saturated carbocycles. The number of nitrogens with zero attached hydrogens (tertiary/aromatic N) is 1. The second-order valence-electron chi connectivity index (χ2n) is 8.73. The van der Waals surface area contributed by atoms with Crippen LogP contribution in [-0.2, 0) is 0 Å². The van der Waals surface area contributed by atoms with Crippen LogP contribution in [0.5, 0.6) is 0 Å². The fourth-order valence-electron chi connectivity index (χ4n) is 3.93. The Hall–Kier alpha value is -2.10. The largest absolute Gasteiger partial charge is 0.422 e. The summed E-state index contributed by atoms with van der Waals surface area (Å²) in [5.74, 6) is 0.712. The highest BCUT2D eigenvalue weighted by Crippen LogP contribution is 2.43. The van der Waals surface area contributed by atoms with E-state index >= 15 is 0 Å². The van der Waals surface area contributed by atoms with Crippen molar-refractivity contribution in [3.8, 4) is 0 Å². The Morgan fingerprint density at radius 1 is 1.31 bits per heavy atom. The van der Waals surface area contributed by atoms with E-state index in [0.717, 1.165) is 23.9 Å². The van der Waals surface area contributed by atoms with E-state index in [4.69, 9.17) is 4.42 Å². The van der Waals surface area contributed by atoms with Crippen LogP contribution < -0.4 is 10.5 Å². The quantitative estimate of drug-likeness (QED) is 0.563. The molecule has 0 unspecified atom stereocenters. The van der Waals surface area contributed by atoms with Crippen molar-refractivity contribution >= 4 is 22.4 Å². The molecule has 0 amide bonds. The zero-order chi connectivity index (χ0) is 19.2. The molecular formula is C22H29NO3. The number of ketones is 1. The van der Waals surface area contributed by atoms with Crippen molar-refractivity contribution in [3.63, 3.8) is 0 Å². The minimum absolute atomic E-state index is 0.0488. The van der Waals surface area contributed by atoms with Crippen LogP contribution >= 0.6 is 0 Å². The molecule has 0 aliphatic carbocycles. The minimum Gasteiger partial charge on any atom is -0.422 e. The maximum atomic E-state index is 12.4. The first-order chi connectivity index (χ1) is 12.1. The molecule has 4 nitrogen and oxygen atoms in total. The van der Waals surface area contributed by atoms with Gasteiger partial charge in [-0.25, -0.2) is 4.79 Å². The second kappa shape index (κ2) is 6.57. The fraction of sp³-hybridized carbons (Fsp3) is 0.545. The molecule has 2 heterocycles. The van der Waals surface area contributed by atoms with Gasteiger partial charge in [0.2, 0.25) is 0 Å². The lowest BCUT2D eigenvalue weighted by Crippen LogP contribution is -2.45. The molecule has 140 valence electrons. The summed E-state index contributed by atoms with van der Waals surface area (Å²) < 4.78 is 5.54. The van der Waals surface area contributed by atoms with E-state index in [1.54, 1.807) is 6.07 Å². The highest BCUT2D eigenvalue weighted by molar-refractivity contribution is 5.98. The standard InChI is InChI=1S/C22H29NO3/c1-13(2)7-8-19(24)17-10-15-9-16-14(3)12-22(4,5)23(6)18(16)11-20(15)26-21(17)25/h9-11,13-14H,7-8,12H2,1-6H3/t14-/m1/s1. The van der Waals surface area contributed by atoms with E-state index in [0.29, 0.717) is 23.8 Å². The highest BCUT2D eigenvalue weighted by Gasteiger charge is 2.34. The second-order valence-corrected chi connectivity index (χ2v) is 8.73. The number of fused-ring (bicyclic) bond motifs is 2. The van der Waals surface area contributed by atoms with Crippen LogP contribution in [0, 0.1) is 5.92 Å². The number of carbonyl (C=O) groups is 1. The van der Waals surface area contributed by atoms with Gasteiger partial charge in [0, 0.05) is 36.1 Å². The first-order valence-electron chi connectivity index (χ1n) is 9.49. The molecule has 1 aromatic carbocycles. The molecule has 2 aromatic rings. The van der Waals surface area contributed by atoms with Crippen LogP contribution in [-0.4, -0.2) is 18.4 Å². The van der Waals surface area contributed by atoms with Gasteiger partial charge in [0.15, 0.2) is 5.78 Å². The van der Waals surface area contributed by atoms with Gasteiger partial charge in [-0.15, -0.1) is 0 Å². The van der Waals surface area contributed by atoms with Crippen molar-refractivity contribution in [2.75, 3.05) is 11.9 Å². The number of anilines is 1. The van der Waals surface area contributed by atoms with Crippen molar-refractivity contribution in [1.82, 2.24) is 0 Å². The Morgan fingerprint density at radius 3 is 2.65 bits per heavy atom. The summed E-state index contributed by atoms with van der Waals surface area (Å²) in [6.45, 7) is 10.8. The van der Waals surface area contributed by atoms with Crippen LogP contribution in [0.15, 0.2) is 27.4 Å². The Morgan fingerprint density at radius 2 is 2.00 bits per heavy atom. The maximum absolute atomic E-state index is 12.4. The van der Waals surface area contributed by atoms with Gasteiger partial charge < -0.3 is 9.32 Å². The first kappa shape index (κ1) is 18.7. The van der Waals surface area contributed by atoms with Crippen LogP contribution in [0.3, 0.4) is 0 Å². The number of rotatable bonds is 4. The molecule has 0 N–H and O–H groups in total. The van der Waals surface area contributed by atoms with Gasteiger partial charge in [0.1, 0.15) is 11.1 Å². The lowest BCUT2D eigenvalue weighted by atomic mass is 9.80. The minimum atomic E-state index is -0.531. The average Bonchev–Trinajstić information content (AvgIpc) is 2.55. The Balaban J connectivity index is 2.08. The molecule has 0 saturated heterocycles. The number of Topliss-reactive ketones (excluding diaryl/α,β-unsaturated/α-hetero) is 1. The monoisotopic (exact) mass is 355 g/mol. The van der Waals surface area contributed by atoms with Crippen molar-refractivity contribution in [2.45, 2.75) is 65.3 Å². The summed E-state index contributed by atoms with van der Waals surface area (Å²) >= 11 is 0. The average molecular weight is 355 g/mol. The normalized spacial score (nSPS) is 19.0. The van der Waals surface area contributed by atoms with Crippen LogP contribution in [0.25, 0.3) is 11.0 Å². The number of hydrogen-bond donors (Lipinski definition) is 0. The topological polar surface area (TPSA) is 50.5 Å². The van der Waals surface area contributed by atoms with Crippen LogP contribution in [0.2, 0.25) is 0 Å². The zero-order valence-electron chi connectivity index (χ0n) is 16.7. The Bertz CT molecular complexity index is 907. The molecule has 1 atom stereocenters. The third-order valence-corrected chi connectivity index (χ3v) is 5.74. The summed E-state index contributed by atoms with van der Waals surface area (Å²) in [4.78, 5) is 27.0. The molecule has 1 aliphatic rings.